The molecule has 0 aliphatic heterocycles. The van der Waals surface area contributed by atoms with Gasteiger partial charge in [0.1, 0.15) is 6.10 Å². The first-order chi connectivity index (χ1) is 4.13. The van der Waals surface area contributed by atoms with Crippen molar-refractivity contribution in [1.29, 1.82) is 0 Å². The normalized spacial score (nSPS) is 52.0. The molecule has 0 heterocycles. The number of aliphatic hydroxyl groups excluding tert-OH is 3. The molecule has 0 bridgehead atoms. The predicted molar refractivity (Wildman–Crippen MR) is 35.4 cm³/mol. The van der Waals surface area contributed by atoms with Gasteiger partial charge in [0.2, 0.25) is 0 Å². The van der Waals surface area contributed by atoms with Crippen molar-refractivity contribution in [2.45, 2.75) is 30.0 Å². The first-order valence-electron chi connectivity index (χ1n) is 2.85. The van der Waals surface area contributed by atoms with Crippen LogP contribution in [-0.4, -0.2) is 38.9 Å². The van der Waals surface area contributed by atoms with E-state index in [1.807, 2.05) is 0 Å². The number of hydrogen-bond acceptors (Lipinski definition) is 4. The van der Waals surface area contributed by atoms with Gasteiger partial charge in [-0.25, -0.2) is 0 Å². The highest BCUT2D eigenvalue weighted by molar-refractivity contribution is 7.81. The summed E-state index contributed by atoms with van der Waals surface area (Å²) in [5, 5.41) is 26.4. The zero-order valence-corrected chi connectivity index (χ0v) is 5.70. The fourth-order valence-corrected chi connectivity index (χ4v) is 1.37. The van der Waals surface area contributed by atoms with Crippen molar-refractivity contribution < 1.29 is 15.3 Å². The van der Waals surface area contributed by atoms with Crippen LogP contribution in [0.1, 0.15) is 6.42 Å². The van der Waals surface area contributed by atoms with E-state index in [4.69, 9.17) is 15.3 Å². The maximum atomic E-state index is 8.95. The number of hydrogen-bond donors (Lipinski definition) is 4. The SMILES string of the molecule is OC1CC(S)C(O)C1O. The lowest BCUT2D eigenvalue weighted by molar-refractivity contribution is -0.0174. The van der Waals surface area contributed by atoms with Crippen molar-refractivity contribution in [2.75, 3.05) is 0 Å². The molecule has 4 atom stereocenters. The molecule has 1 rings (SSSR count). The second kappa shape index (κ2) is 2.46. The van der Waals surface area contributed by atoms with E-state index in [2.05, 4.69) is 12.6 Å². The van der Waals surface area contributed by atoms with Crippen molar-refractivity contribution >= 4 is 12.6 Å². The molecule has 0 aromatic heterocycles. The number of aliphatic hydroxyl groups is 3. The molecular weight excluding hydrogens is 140 g/mol. The van der Waals surface area contributed by atoms with E-state index in [-0.39, 0.29) is 5.25 Å². The average Bonchev–Trinajstić information content (AvgIpc) is 1.98. The molecule has 1 fully saturated rings. The minimum absolute atomic E-state index is 0.282. The zero-order chi connectivity index (χ0) is 7.02. The summed E-state index contributed by atoms with van der Waals surface area (Å²) < 4.78 is 0. The Morgan fingerprint density at radius 3 is 1.78 bits per heavy atom. The third-order valence-corrected chi connectivity index (χ3v) is 2.14. The van der Waals surface area contributed by atoms with Crippen LogP contribution < -0.4 is 0 Å². The molecule has 0 saturated heterocycles. The first-order valence-corrected chi connectivity index (χ1v) is 3.37. The second-order valence-electron chi connectivity index (χ2n) is 2.35. The molecule has 4 unspecified atom stereocenters. The molecule has 3 nitrogen and oxygen atoms in total. The fraction of sp³-hybridized carbons (Fsp3) is 1.00. The van der Waals surface area contributed by atoms with Gasteiger partial charge >= 0.3 is 0 Å². The third kappa shape index (κ3) is 1.21. The molecule has 4 heteroatoms. The Hall–Kier alpha value is 0.230. The van der Waals surface area contributed by atoms with Gasteiger partial charge in [0.05, 0.1) is 12.2 Å². The van der Waals surface area contributed by atoms with Crippen LogP contribution in [-0.2, 0) is 0 Å². The Morgan fingerprint density at radius 2 is 1.67 bits per heavy atom. The highest BCUT2D eigenvalue weighted by atomic mass is 32.1. The minimum atomic E-state index is -1.01. The number of rotatable bonds is 0. The van der Waals surface area contributed by atoms with Crippen molar-refractivity contribution in [3.05, 3.63) is 0 Å². The predicted octanol–water partition coefficient (Wildman–Crippen LogP) is -1.23. The summed E-state index contributed by atoms with van der Waals surface area (Å²) in [4.78, 5) is 0. The Kier molecular flexibility index (Phi) is 2.00. The Labute approximate surface area is 58.7 Å². The fourth-order valence-electron chi connectivity index (χ4n) is 0.981. The average molecular weight is 150 g/mol. The molecule has 0 spiro atoms. The van der Waals surface area contributed by atoms with Gasteiger partial charge in [0.25, 0.3) is 0 Å². The van der Waals surface area contributed by atoms with Gasteiger partial charge in [-0.15, -0.1) is 0 Å². The van der Waals surface area contributed by atoms with E-state index in [0.29, 0.717) is 6.42 Å². The topological polar surface area (TPSA) is 60.7 Å². The van der Waals surface area contributed by atoms with Crippen LogP contribution in [0.3, 0.4) is 0 Å². The van der Waals surface area contributed by atoms with Gasteiger partial charge in [-0.05, 0) is 6.42 Å². The summed E-state index contributed by atoms with van der Waals surface area (Å²) in [6.45, 7) is 0. The van der Waals surface area contributed by atoms with Gasteiger partial charge < -0.3 is 15.3 Å². The highest BCUT2D eigenvalue weighted by Gasteiger charge is 2.38. The van der Waals surface area contributed by atoms with E-state index in [1.54, 1.807) is 0 Å². The summed E-state index contributed by atoms with van der Waals surface area (Å²) in [5.41, 5.74) is 0. The van der Waals surface area contributed by atoms with Crippen molar-refractivity contribution in [3.8, 4) is 0 Å². The molecular formula is C5H10O3S. The molecule has 0 aromatic carbocycles. The Bertz CT molecular complexity index is 96.4. The van der Waals surface area contributed by atoms with Gasteiger partial charge in [0, 0.05) is 5.25 Å². The highest BCUT2D eigenvalue weighted by Crippen LogP contribution is 2.24. The Balaban J connectivity index is 2.54. The van der Waals surface area contributed by atoms with Crippen molar-refractivity contribution in [2.24, 2.45) is 0 Å². The van der Waals surface area contributed by atoms with Crippen LogP contribution >= 0.6 is 12.6 Å². The van der Waals surface area contributed by atoms with E-state index in [0.717, 1.165) is 0 Å². The molecule has 1 saturated carbocycles. The van der Waals surface area contributed by atoms with E-state index >= 15 is 0 Å². The van der Waals surface area contributed by atoms with E-state index in [9.17, 15) is 0 Å². The van der Waals surface area contributed by atoms with E-state index < -0.39 is 18.3 Å². The quantitative estimate of drug-likeness (QED) is 0.327. The third-order valence-electron chi connectivity index (χ3n) is 1.62. The minimum Gasteiger partial charge on any atom is -0.390 e. The van der Waals surface area contributed by atoms with Gasteiger partial charge in [-0.2, -0.15) is 12.6 Å². The van der Waals surface area contributed by atoms with Gasteiger partial charge in [0.15, 0.2) is 0 Å². The summed E-state index contributed by atoms with van der Waals surface area (Å²) in [6.07, 6.45) is -2.32. The van der Waals surface area contributed by atoms with Crippen LogP contribution in [0.2, 0.25) is 0 Å². The summed E-state index contributed by atoms with van der Waals surface area (Å²) in [6, 6.07) is 0. The molecule has 0 amide bonds. The lowest BCUT2D eigenvalue weighted by Crippen LogP contribution is -2.30. The summed E-state index contributed by atoms with van der Waals surface area (Å²) in [7, 11) is 0. The van der Waals surface area contributed by atoms with Crippen molar-refractivity contribution in [3.63, 3.8) is 0 Å². The lowest BCUT2D eigenvalue weighted by Gasteiger charge is -2.10. The molecule has 54 valence electrons. The summed E-state index contributed by atoms with van der Waals surface area (Å²) in [5.74, 6) is 0. The molecule has 3 N–H and O–H groups in total. The van der Waals surface area contributed by atoms with Crippen LogP contribution in [0.15, 0.2) is 0 Å². The maximum Gasteiger partial charge on any atom is 0.107 e. The van der Waals surface area contributed by atoms with Gasteiger partial charge in [-0.1, -0.05) is 0 Å². The smallest absolute Gasteiger partial charge is 0.107 e. The molecule has 9 heavy (non-hydrogen) atoms. The van der Waals surface area contributed by atoms with Gasteiger partial charge in [-0.3, -0.25) is 0 Å². The molecule has 0 aromatic rings. The first kappa shape index (κ1) is 7.34. The van der Waals surface area contributed by atoms with Crippen LogP contribution in [0.4, 0.5) is 0 Å². The zero-order valence-electron chi connectivity index (χ0n) is 4.81. The van der Waals surface area contributed by atoms with Crippen LogP contribution in [0.25, 0.3) is 0 Å². The number of thiol groups is 1. The van der Waals surface area contributed by atoms with E-state index in [1.165, 1.54) is 0 Å². The van der Waals surface area contributed by atoms with Crippen LogP contribution in [0.5, 0.6) is 0 Å². The largest absolute Gasteiger partial charge is 0.390 e. The monoisotopic (exact) mass is 150 g/mol. The molecule has 1 aliphatic rings. The standard InChI is InChI=1S/C5H10O3S/c6-2-1-3(9)5(8)4(2)7/h2-9H,1H2. The van der Waals surface area contributed by atoms with Crippen LogP contribution in [0, 0.1) is 0 Å². The molecule has 0 radical (unpaired) electrons. The lowest BCUT2D eigenvalue weighted by atomic mass is 10.2. The second-order valence-corrected chi connectivity index (χ2v) is 3.01. The Morgan fingerprint density at radius 1 is 1.11 bits per heavy atom. The van der Waals surface area contributed by atoms with Crippen molar-refractivity contribution in [1.82, 2.24) is 0 Å². The summed E-state index contributed by atoms with van der Waals surface area (Å²) >= 11 is 3.94. The maximum absolute atomic E-state index is 8.95. The molecule has 1 aliphatic carbocycles.